The fourth-order valence-electron chi connectivity index (χ4n) is 1.98. The summed E-state index contributed by atoms with van der Waals surface area (Å²) in [5.41, 5.74) is 9.78. The minimum absolute atomic E-state index is 0.468. The van der Waals surface area contributed by atoms with E-state index in [-0.39, 0.29) is 0 Å². The highest BCUT2D eigenvalue weighted by Crippen LogP contribution is 2.26. The number of pyridine rings is 1. The van der Waals surface area contributed by atoms with Crippen LogP contribution in [0.4, 0.5) is 5.95 Å². The van der Waals surface area contributed by atoms with E-state index in [1.807, 2.05) is 41.8 Å². The van der Waals surface area contributed by atoms with Crippen molar-refractivity contribution in [2.75, 3.05) is 5.73 Å². The number of benzene rings is 1. The maximum Gasteiger partial charge on any atom is 0.207 e. The van der Waals surface area contributed by atoms with E-state index in [2.05, 4.69) is 32.6 Å². The van der Waals surface area contributed by atoms with E-state index in [0.29, 0.717) is 5.95 Å². The van der Waals surface area contributed by atoms with Crippen molar-refractivity contribution in [1.29, 1.82) is 0 Å². The average molecular weight is 350 g/mol. The van der Waals surface area contributed by atoms with Crippen molar-refractivity contribution < 1.29 is 0 Å². The van der Waals surface area contributed by atoms with Crippen molar-refractivity contribution in [3.05, 3.63) is 45.7 Å². The molecule has 0 unspecified atom stereocenters. The number of rotatable bonds is 1. The van der Waals surface area contributed by atoms with Gasteiger partial charge >= 0.3 is 0 Å². The Hall–Kier alpha value is -1.63. The first-order chi connectivity index (χ1) is 8.68. The van der Waals surface area contributed by atoms with Crippen LogP contribution >= 0.6 is 22.6 Å². The second kappa shape index (κ2) is 4.24. The molecular formula is C13H11IN4. The summed E-state index contributed by atoms with van der Waals surface area (Å²) in [7, 11) is 0. The first kappa shape index (κ1) is 11.5. The van der Waals surface area contributed by atoms with E-state index in [9.17, 15) is 0 Å². The Morgan fingerprint density at radius 3 is 2.78 bits per heavy atom. The molecule has 0 fully saturated rings. The Bertz CT molecular complexity index is 733. The van der Waals surface area contributed by atoms with E-state index in [1.54, 1.807) is 6.20 Å². The van der Waals surface area contributed by atoms with Gasteiger partial charge in [-0.15, -0.1) is 0 Å². The standard InChI is InChI=1S/C13H11IN4/c1-8-6-7-16-12-11(8)17-13(15)18(12)10-5-3-2-4-9(10)14/h2-7H,1H3,(H2,15,17). The molecule has 2 heterocycles. The van der Waals surface area contributed by atoms with Crippen LogP contribution in [0.5, 0.6) is 0 Å². The Morgan fingerprint density at radius 2 is 2.00 bits per heavy atom. The molecule has 3 rings (SSSR count). The van der Waals surface area contributed by atoms with Crippen LogP contribution in [0, 0.1) is 10.5 Å². The molecular weight excluding hydrogens is 339 g/mol. The minimum atomic E-state index is 0.468. The monoisotopic (exact) mass is 350 g/mol. The van der Waals surface area contributed by atoms with Gasteiger partial charge in [-0.25, -0.2) is 9.97 Å². The highest BCUT2D eigenvalue weighted by molar-refractivity contribution is 14.1. The fraction of sp³-hybridized carbons (Fsp3) is 0.0769. The average Bonchev–Trinajstić information content (AvgIpc) is 2.68. The molecule has 0 bridgehead atoms. The van der Waals surface area contributed by atoms with Crippen LogP contribution in [0.1, 0.15) is 5.56 Å². The quantitative estimate of drug-likeness (QED) is 0.687. The number of fused-ring (bicyclic) bond motifs is 1. The highest BCUT2D eigenvalue weighted by atomic mass is 127. The third kappa shape index (κ3) is 1.66. The molecule has 0 spiro atoms. The van der Waals surface area contributed by atoms with Gasteiger partial charge in [0.2, 0.25) is 5.95 Å². The first-order valence-electron chi connectivity index (χ1n) is 5.53. The summed E-state index contributed by atoms with van der Waals surface area (Å²) in [6.45, 7) is 2.01. The molecule has 0 amide bonds. The van der Waals surface area contributed by atoms with Crippen LogP contribution in [0.3, 0.4) is 0 Å². The first-order valence-corrected chi connectivity index (χ1v) is 6.61. The molecule has 0 aliphatic rings. The number of imidazole rings is 1. The van der Waals surface area contributed by atoms with E-state index in [4.69, 9.17) is 5.73 Å². The Morgan fingerprint density at radius 1 is 1.22 bits per heavy atom. The van der Waals surface area contributed by atoms with Gasteiger partial charge in [-0.3, -0.25) is 4.57 Å². The van der Waals surface area contributed by atoms with Crippen molar-refractivity contribution in [2.24, 2.45) is 0 Å². The maximum atomic E-state index is 6.03. The van der Waals surface area contributed by atoms with Crippen molar-refractivity contribution >= 4 is 39.7 Å². The molecule has 0 saturated heterocycles. The van der Waals surface area contributed by atoms with Gasteiger partial charge in [0, 0.05) is 9.77 Å². The lowest BCUT2D eigenvalue weighted by Crippen LogP contribution is -2.03. The number of nitrogens with two attached hydrogens (primary N) is 1. The topological polar surface area (TPSA) is 56.7 Å². The highest BCUT2D eigenvalue weighted by Gasteiger charge is 2.14. The van der Waals surface area contributed by atoms with Crippen molar-refractivity contribution in [1.82, 2.24) is 14.5 Å². The second-order valence-corrected chi connectivity index (χ2v) is 5.22. The molecule has 0 radical (unpaired) electrons. The second-order valence-electron chi connectivity index (χ2n) is 4.06. The molecule has 0 saturated carbocycles. The number of halogens is 1. The number of nitrogen functional groups attached to an aromatic ring is 1. The van der Waals surface area contributed by atoms with Gasteiger partial charge in [0.05, 0.1) is 5.69 Å². The zero-order valence-corrected chi connectivity index (χ0v) is 11.9. The summed E-state index contributed by atoms with van der Waals surface area (Å²) in [5, 5.41) is 0. The predicted octanol–water partition coefficient (Wildman–Crippen LogP) is 2.92. The molecule has 0 atom stereocenters. The number of para-hydroxylation sites is 1. The van der Waals surface area contributed by atoms with Crippen LogP contribution in [-0.2, 0) is 0 Å². The molecule has 0 aliphatic heterocycles. The number of nitrogens with zero attached hydrogens (tertiary/aromatic N) is 3. The largest absolute Gasteiger partial charge is 0.369 e. The molecule has 4 nitrogen and oxygen atoms in total. The van der Waals surface area contributed by atoms with Gasteiger partial charge in [-0.2, -0.15) is 0 Å². The summed E-state index contributed by atoms with van der Waals surface area (Å²) in [5.74, 6) is 0.468. The molecule has 1 aromatic carbocycles. The Balaban J connectivity index is 2.40. The lowest BCUT2D eigenvalue weighted by molar-refractivity contribution is 1.08. The summed E-state index contributed by atoms with van der Waals surface area (Å²) < 4.78 is 3.01. The van der Waals surface area contributed by atoms with Crippen LogP contribution in [-0.4, -0.2) is 14.5 Å². The third-order valence-corrected chi connectivity index (χ3v) is 3.78. The summed E-state index contributed by atoms with van der Waals surface area (Å²) in [4.78, 5) is 8.80. The number of hydrogen-bond donors (Lipinski definition) is 1. The van der Waals surface area contributed by atoms with Gasteiger partial charge in [0.15, 0.2) is 5.65 Å². The van der Waals surface area contributed by atoms with Crippen LogP contribution in [0.2, 0.25) is 0 Å². The molecule has 90 valence electrons. The number of hydrogen-bond acceptors (Lipinski definition) is 3. The predicted molar refractivity (Wildman–Crippen MR) is 80.7 cm³/mol. The van der Waals surface area contributed by atoms with E-state index in [1.165, 1.54) is 0 Å². The smallest absolute Gasteiger partial charge is 0.207 e. The molecule has 5 heteroatoms. The Kier molecular flexibility index (Phi) is 2.70. The summed E-state index contributed by atoms with van der Waals surface area (Å²) in [6.07, 6.45) is 1.78. The van der Waals surface area contributed by atoms with Gasteiger partial charge in [-0.05, 0) is 53.3 Å². The van der Waals surface area contributed by atoms with Gasteiger partial charge in [0.25, 0.3) is 0 Å². The number of anilines is 1. The molecule has 18 heavy (non-hydrogen) atoms. The van der Waals surface area contributed by atoms with Crippen LogP contribution in [0.15, 0.2) is 36.5 Å². The summed E-state index contributed by atoms with van der Waals surface area (Å²) in [6, 6.07) is 9.98. The molecule has 2 aromatic heterocycles. The maximum absolute atomic E-state index is 6.03. The van der Waals surface area contributed by atoms with E-state index < -0.39 is 0 Å². The van der Waals surface area contributed by atoms with Gasteiger partial charge in [-0.1, -0.05) is 12.1 Å². The van der Waals surface area contributed by atoms with Crippen molar-refractivity contribution in [3.63, 3.8) is 0 Å². The number of aryl methyl sites for hydroxylation is 1. The summed E-state index contributed by atoms with van der Waals surface area (Å²) >= 11 is 2.29. The SMILES string of the molecule is Cc1ccnc2c1nc(N)n2-c1ccccc1I. The van der Waals surface area contributed by atoms with Crippen molar-refractivity contribution in [3.8, 4) is 5.69 Å². The lowest BCUT2D eigenvalue weighted by atomic mass is 10.2. The van der Waals surface area contributed by atoms with Crippen molar-refractivity contribution in [2.45, 2.75) is 6.92 Å². The molecule has 3 aromatic rings. The minimum Gasteiger partial charge on any atom is -0.369 e. The zero-order valence-electron chi connectivity index (χ0n) is 9.76. The van der Waals surface area contributed by atoms with E-state index in [0.717, 1.165) is 26.0 Å². The van der Waals surface area contributed by atoms with Gasteiger partial charge in [0.1, 0.15) is 5.52 Å². The van der Waals surface area contributed by atoms with E-state index >= 15 is 0 Å². The fourth-order valence-corrected chi connectivity index (χ4v) is 2.61. The van der Waals surface area contributed by atoms with Crippen LogP contribution in [0.25, 0.3) is 16.9 Å². The Labute approximate surface area is 118 Å². The molecule has 2 N–H and O–H groups in total. The van der Waals surface area contributed by atoms with Crippen LogP contribution < -0.4 is 5.73 Å². The van der Waals surface area contributed by atoms with Gasteiger partial charge < -0.3 is 5.73 Å². The zero-order chi connectivity index (χ0) is 12.7. The normalized spacial score (nSPS) is 11.0. The third-order valence-electron chi connectivity index (χ3n) is 2.87. The molecule has 0 aliphatic carbocycles. The number of aromatic nitrogens is 3. The lowest BCUT2D eigenvalue weighted by Gasteiger charge is -2.07.